The molecule has 5 nitrogen and oxygen atoms in total. The molecule has 3 heterocycles. The SMILES string of the molecule is O=C(NC1CCN(c2nc3ccccc3s2)CC1)[C@@]12CCCC[C@H]1CNC2. The van der Waals surface area contributed by atoms with Gasteiger partial charge in [0.1, 0.15) is 0 Å². The highest BCUT2D eigenvalue weighted by atomic mass is 32.1. The summed E-state index contributed by atoms with van der Waals surface area (Å²) < 4.78 is 1.25. The number of rotatable bonds is 3. The first-order valence-corrected chi connectivity index (χ1v) is 11.2. The number of para-hydroxylation sites is 1. The zero-order valence-electron chi connectivity index (χ0n) is 15.7. The minimum Gasteiger partial charge on any atom is -0.353 e. The highest BCUT2D eigenvalue weighted by Gasteiger charge is 2.50. The third kappa shape index (κ3) is 3.13. The van der Waals surface area contributed by atoms with Crippen LogP contribution < -0.4 is 15.5 Å². The Balaban J connectivity index is 1.21. The second-order valence-corrected chi connectivity index (χ2v) is 9.44. The number of thiazole rings is 1. The van der Waals surface area contributed by atoms with E-state index in [0.29, 0.717) is 17.9 Å². The molecule has 1 amide bonds. The molecule has 0 spiro atoms. The number of nitrogens with one attached hydrogen (secondary N) is 2. The fraction of sp³-hybridized carbons (Fsp3) is 0.619. The van der Waals surface area contributed by atoms with Crippen LogP contribution in [-0.2, 0) is 4.79 Å². The first-order valence-electron chi connectivity index (χ1n) is 10.4. The molecule has 2 aromatic rings. The van der Waals surface area contributed by atoms with Gasteiger partial charge in [-0.1, -0.05) is 36.3 Å². The van der Waals surface area contributed by atoms with Crippen molar-refractivity contribution in [1.29, 1.82) is 0 Å². The van der Waals surface area contributed by atoms with Crippen molar-refractivity contribution in [3.63, 3.8) is 0 Å². The van der Waals surface area contributed by atoms with E-state index < -0.39 is 0 Å². The zero-order chi connectivity index (χ0) is 18.3. The van der Waals surface area contributed by atoms with Gasteiger partial charge in [0.2, 0.25) is 5.91 Å². The summed E-state index contributed by atoms with van der Waals surface area (Å²) in [4.78, 5) is 20.3. The summed E-state index contributed by atoms with van der Waals surface area (Å²) in [7, 11) is 0. The third-order valence-corrected chi connectivity index (χ3v) is 7.97. The highest BCUT2D eigenvalue weighted by Crippen LogP contribution is 2.44. The third-order valence-electron chi connectivity index (χ3n) is 6.87. The molecule has 2 N–H and O–H groups in total. The van der Waals surface area contributed by atoms with Crippen LogP contribution in [-0.4, -0.2) is 43.1 Å². The summed E-state index contributed by atoms with van der Waals surface area (Å²) in [5.41, 5.74) is 0.951. The first kappa shape index (κ1) is 17.4. The number of fused-ring (bicyclic) bond motifs is 2. The lowest BCUT2D eigenvalue weighted by molar-refractivity contribution is -0.134. The molecule has 2 saturated heterocycles. The molecular weight excluding hydrogens is 356 g/mol. The van der Waals surface area contributed by atoms with E-state index in [-0.39, 0.29) is 5.41 Å². The van der Waals surface area contributed by atoms with E-state index in [2.05, 4.69) is 33.7 Å². The Morgan fingerprint density at radius 1 is 1.22 bits per heavy atom. The summed E-state index contributed by atoms with van der Waals surface area (Å²) >= 11 is 1.77. The van der Waals surface area contributed by atoms with Gasteiger partial charge in [0.05, 0.1) is 15.6 Å². The molecule has 6 heteroatoms. The largest absolute Gasteiger partial charge is 0.353 e. The van der Waals surface area contributed by atoms with E-state index in [1.807, 2.05) is 6.07 Å². The van der Waals surface area contributed by atoms with E-state index in [1.54, 1.807) is 11.3 Å². The molecule has 2 atom stereocenters. The van der Waals surface area contributed by atoms with E-state index in [4.69, 9.17) is 4.98 Å². The molecule has 3 fully saturated rings. The Morgan fingerprint density at radius 2 is 2.07 bits per heavy atom. The topological polar surface area (TPSA) is 57.3 Å². The smallest absolute Gasteiger partial charge is 0.228 e. The standard InChI is InChI=1S/C21H28N4OS/c26-19(21-10-4-3-5-15(21)13-22-14-21)23-16-8-11-25(12-9-16)20-24-17-6-1-2-7-18(17)27-20/h1-2,6-7,15-16,22H,3-5,8-14H2,(H,23,26)/t15-,21+/m0/s1. The highest BCUT2D eigenvalue weighted by molar-refractivity contribution is 7.22. The monoisotopic (exact) mass is 384 g/mol. The van der Waals surface area contributed by atoms with Crippen molar-refractivity contribution in [3.8, 4) is 0 Å². The normalized spacial score (nSPS) is 29.0. The van der Waals surface area contributed by atoms with E-state index >= 15 is 0 Å². The lowest BCUT2D eigenvalue weighted by atomic mass is 9.67. The molecule has 0 unspecified atom stereocenters. The molecule has 144 valence electrons. The number of amides is 1. The van der Waals surface area contributed by atoms with Crippen LogP contribution >= 0.6 is 11.3 Å². The number of anilines is 1. The van der Waals surface area contributed by atoms with Crippen molar-refractivity contribution in [1.82, 2.24) is 15.6 Å². The van der Waals surface area contributed by atoms with Crippen molar-refractivity contribution in [2.24, 2.45) is 11.3 Å². The molecule has 2 aliphatic heterocycles. The van der Waals surface area contributed by atoms with Crippen molar-refractivity contribution in [2.75, 3.05) is 31.1 Å². The van der Waals surface area contributed by atoms with Gasteiger partial charge in [-0.25, -0.2) is 4.98 Å². The Labute approximate surface area is 164 Å². The summed E-state index contributed by atoms with van der Waals surface area (Å²) in [6.45, 7) is 3.83. The van der Waals surface area contributed by atoms with Gasteiger partial charge in [-0.2, -0.15) is 0 Å². The maximum atomic E-state index is 13.2. The van der Waals surface area contributed by atoms with Gasteiger partial charge in [-0.05, 0) is 50.3 Å². The summed E-state index contributed by atoms with van der Waals surface area (Å²) in [6, 6.07) is 8.64. The van der Waals surface area contributed by atoms with Gasteiger partial charge in [0.15, 0.2) is 5.13 Å². The van der Waals surface area contributed by atoms with Gasteiger partial charge in [0.25, 0.3) is 0 Å². The molecule has 5 rings (SSSR count). The van der Waals surface area contributed by atoms with Crippen molar-refractivity contribution >= 4 is 32.6 Å². The predicted octanol–water partition coefficient (Wildman–Crippen LogP) is 3.16. The Hall–Kier alpha value is -1.66. The van der Waals surface area contributed by atoms with Crippen LogP contribution in [0.5, 0.6) is 0 Å². The molecule has 1 saturated carbocycles. The number of hydrogen-bond donors (Lipinski definition) is 2. The molecule has 1 aliphatic carbocycles. The van der Waals surface area contributed by atoms with Crippen molar-refractivity contribution in [2.45, 2.75) is 44.6 Å². The van der Waals surface area contributed by atoms with Crippen LogP contribution in [0.15, 0.2) is 24.3 Å². The van der Waals surface area contributed by atoms with Gasteiger partial charge in [-0.15, -0.1) is 0 Å². The molecule has 1 aromatic heterocycles. The maximum absolute atomic E-state index is 13.2. The average Bonchev–Trinajstić information content (AvgIpc) is 3.33. The van der Waals surface area contributed by atoms with E-state index in [0.717, 1.165) is 56.1 Å². The number of benzene rings is 1. The van der Waals surface area contributed by atoms with Crippen LogP contribution in [0.4, 0.5) is 5.13 Å². The van der Waals surface area contributed by atoms with Crippen LogP contribution in [0.1, 0.15) is 38.5 Å². The Morgan fingerprint density at radius 3 is 2.93 bits per heavy atom. The molecule has 27 heavy (non-hydrogen) atoms. The summed E-state index contributed by atoms with van der Waals surface area (Å²) in [5.74, 6) is 0.852. The number of aromatic nitrogens is 1. The summed E-state index contributed by atoms with van der Waals surface area (Å²) in [5, 5.41) is 8.03. The number of carbonyl (C=O) groups is 1. The van der Waals surface area contributed by atoms with Crippen molar-refractivity contribution < 1.29 is 4.79 Å². The summed E-state index contributed by atoms with van der Waals surface area (Å²) in [6.07, 6.45) is 6.76. The van der Waals surface area contributed by atoms with Gasteiger partial charge >= 0.3 is 0 Å². The van der Waals surface area contributed by atoms with Gasteiger partial charge in [0, 0.05) is 25.7 Å². The van der Waals surface area contributed by atoms with Crippen LogP contribution in [0.2, 0.25) is 0 Å². The van der Waals surface area contributed by atoms with E-state index in [1.165, 1.54) is 24.0 Å². The second-order valence-electron chi connectivity index (χ2n) is 8.43. The number of hydrogen-bond acceptors (Lipinski definition) is 5. The lowest BCUT2D eigenvalue weighted by Gasteiger charge is -2.39. The molecule has 0 bridgehead atoms. The van der Waals surface area contributed by atoms with Crippen molar-refractivity contribution in [3.05, 3.63) is 24.3 Å². The molecule has 1 aromatic carbocycles. The number of carbonyl (C=O) groups excluding carboxylic acids is 1. The zero-order valence-corrected chi connectivity index (χ0v) is 16.6. The van der Waals surface area contributed by atoms with Crippen LogP contribution in [0.3, 0.4) is 0 Å². The minimum absolute atomic E-state index is 0.136. The second kappa shape index (κ2) is 7.06. The lowest BCUT2D eigenvalue weighted by Crippen LogP contribution is -2.53. The Bertz CT molecular complexity index is 795. The van der Waals surface area contributed by atoms with Gasteiger partial charge < -0.3 is 15.5 Å². The molecule has 0 radical (unpaired) electrons. The molecule has 3 aliphatic rings. The number of nitrogens with zero attached hydrogens (tertiary/aromatic N) is 2. The Kier molecular flexibility index (Phi) is 4.56. The fourth-order valence-corrected chi connectivity index (χ4v) is 6.25. The predicted molar refractivity (Wildman–Crippen MR) is 110 cm³/mol. The average molecular weight is 385 g/mol. The van der Waals surface area contributed by atoms with Gasteiger partial charge in [-0.3, -0.25) is 4.79 Å². The fourth-order valence-electron chi connectivity index (χ4n) is 5.23. The van der Waals surface area contributed by atoms with Crippen LogP contribution in [0, 0.1) is 11.3 Å². The minimum atomic E-state index is -0.136. The van der Waals surface area contributed by atoms with E-state index in [9.17, 15) is 4.79 Å². The quantitative estimate of drug-likeness (QED) is 0.853. The molecular formula is C21H28N4OS. The first-order chi connectivity index (χ1) is 13.2. The van der Waals surface area contributed by atoms with Crippen LogP contribution in [0.25, 0.3) is 10.2 Å². The number of piperidine rings is 1. The maximum Gasteiger partial charge on any atom is 0.228 e.